The van der Waals surface area contributed by atoms with Gasteiger partial charge in [0, 0.05) is 5.92 Å². The predicted molar refractivity (Wildman–Crippen MR) is 67.7 cm³/mol. The second-order valence-electron chi connectivity index (χ2n) is 4.62. The van der Waals surface area contributed by atoms with Crippen LogP contribution in [-0.4, -0.2) is 25.3 Å². The molecule has 6 heteroatoms. The van der Waals surface area contributed by atoms with E-state index in [-0.39, 0.29) is 11.2 Å². The molecule has 0 saturated heterocycles. The van der Waals surface area contributed by atoms with E-state index in [1.54, 1.807) is 30.6 Å². The molecule has 0 aliphatic rings. The topological polar surface area (TPSA) is 50.4 Å². The number of hydrogen-bond donors (Lipinski definition) is 1. The second-order valence-corrected chi connectivity index (χ2v) is 5.36. The van der Waals surface area contributed by atoms with E-state index in [0.717, 1.165) is 5.69 Å². The van der Waals surface area contributed by atoms with Crippen LogP contribution in [0.1, 0.15) is 32.4 Å². The molecule has 2 heterocycles. The highest BCUT2D eigenvalue weighted by atomic mass is 35.5. The van der Waals surface area contributed by atoms with Crippen LogP contribution < -0.4 is 0 Å². The molecule has 2 aromatic heterocycles. The number of fused-ring (bicyclic) bond motifs is 1. The van der Waals surface area contributed by atoms with Crippen LogP contribution in [-0.2, 0) is 0 Å². The quantitative estimate of drug-likeness (QED) is 0.916. The summed E-state index contributed by atoms with van der Waals surface area (Å²) in [5.74, 6) is -0.131. The Bertz CT molecular complexity index is 560. The van der Waals surface area contributed by atoms with Gasteiger partial charge >= 0.3 is 0 Å². The summed E-state index contributed by atoms with van der Waals surface area (Å²) in [6.45, 7) is 5.40. The highest BCUT2D eigenvalue weighted by molar-refractivity contribution is 6.34. The monoisotopic (exact) mass is 273 g/mol. The molecule has 1 N–H and O–H groups in total. The minimum absolute atomic E-state index is 0.131. The van der Waals surface area contributed by atoms with Crippen LogP contribution >= 0.6 is 23.2 Å². The lowest BCUT2D eigenvalue weighted by Crippen LogP contribution is -2.27. The molecule has 4 nitrogen and oxygen atoms in total. The van der Waals surface area contributed by atoms with Gasteiger partial charge in [0.15, 0.2) is 0 Å². The van der Waals surface area contributed by atoms with Gasteiger partial charge in [-0.25, -0.2) is 9.50 Å². The molecule has 1 unspecified atom stereocenters. The molecule has 17 heavy (non-hydrogen) atoms. The van der Waals surface area contributed by atoms with Crippen LogP contribution in [0.2, 0.25) is 10.3 Å². The van der Waals surface area contributed by atoms with Crippen LogP contribution in [0.3, 0.4) is 0 Å². The Balaban J connectivity index is 2.66. The molecule has 2 aromatic rings. The van der Waals surface area contributed by atoms with Crippen LogP contribution in [0.25, 0.3) is 5.52 Å². The van der Waals surface area contributed by atoms with E-state index < -0.39 is 5.60 Å². The van der Waals surface area contributed by atoms with E-state index in [4.69, 9.17) is 23.2 Å². The fraction of sp³-hybridized carbons (Fsp3) is 0.455. The molecular weight excluding hydrogens is 261 g/mol. The predicted octanol–water partition coefficient (Wildman–Crippen LogP) is 2.91. The summed E-state index contributed by atoms with van der Waals surface area (Å²) in [6.07, 6.45) is 1.57. The number of rotatable bonds is 2. The van der Waals surface area contributed by atoms with E-state index in [2.05, 4.69) is 10.1 Å². The average molecular weight is 274 g/mol. The first-order chi connectivity index (χ1) is 7.80. The van der Waals surface area contributed by atoms with Gasteiger partial charge in [0.25, 0.3) is 0 Å². The third-order valence-corrected chi connectivity index (χ3v) is 3.45. The Hall–Kier alpha value is -0.840. The Labute approximate surface area is 109 Å². The Kier molecular flexibility index (Phi) is 3.06. The Morgan fingerprint density at radius 1 is 1.41 bits per heavy atom. The minimum Gasteiger partial charge on any atom is -0.390 e. The minimum atomic E-state index is -0.866. The largest absolute Gasteiger partial charge is 0.390 e. The number of aromatic nitrogens is 3. The zero-order valence-corrected chi connectivity index (χ0v) is 11.3. The molecule has 0 fully saturated rings. The van der Waals surface area contributed by atoms with E-state index >= 15 is 0 Å². The van der Waals surface area contributed by atoms with Crippen molar-refractivity contribution in [3.05, 3.63) is 28.3 Å². The van der Waals surface area contributed by atoms with Crippen LogP contribution in [0.5, 0.6) is 0 Å². The van der Waals surface area contributed by atoms with E-state index in [9.17, 15) is 5.11 Å². The maximum Gasteiger partial charge on any atom is 0.241 e. The van der Waals surface area contributed by atoms with Crippen molar-refractivity contribution in [3.8, 4) is 0 Å². The number of halogens is 2. The molecule has 0 bridgehead atoms. The van der Waals surface area contributed by atoms with Gasteiger partial charge in [-0.2, -0.15) is 0 Å². The number of nitrogens with zero attached hydrogens (tertiary/aromatic N) is 3. The molecule has 92 valence electrons. The van der Waals surface area contributed by atoms with Gasteiger partial charge in [0.2, 0.25) is 5.28 Å². The highest BCUT2D eigenvalue weighted by Gasteiger charge is 2.27. The molecule has 0 saturated carbocycles. The molecule has 0 spiro atoms. The lowest BCUT2D eigenvalue weighted by atomic mass is 9.90. The fourth-order valence-corrected chi connectivity index (χ4v) is 1.99. The standard InChI is InChI=1S/C11H13Cl2N3O/c1-6(11(2,3)17)8-4-7(12)9-5-14-10(13)15-16(8)9/h4-6,17H,1-3H3. The summed E-state index contributed by atoms with van der Waals surface area (Å²) in [5, 5.41) is 14.8. The lowest BCUT2D eigenvalue weighted by Gasteiger charge is -2.25. The smallest absolute Gasteiger partial charge is 0.241 e. The second kappa shape index (κ2) is 4.12. The summed E-state index contributed by atoms with van der Waals surface area (Å²) in [4.78, 5) is 3.89. The first-order valence-corrected chi connectivity index (χ1v) is 5.98. The van der Waals surface area contributed by atoms with Crippen molar-refractivity contribution in [2.45, 2.75) is 32.3 Å². The number of hydrogen-bond acceptors (Lipinski definition) is 3. The zero-order chi connectivity index (χ0) is 12.8. The van der Waals surface area contributed by atoms with Crippen molar-refractivity contribution in [2.75, 3.05) is 0 Å². The summed E-state index contributed by atoms with van der Waals surface area (Å²) in [6, 6.07) is 1.78. The summed E-state index contributed by atoms with van der Waals surface area (Å²) >= 11 is 11.9. The first kappa shape index (κ1) is 12.6. The molecule has 0 aromatic carbocycles. The Morgan fingerprint density at radius 2 is 2.06 bits per heavy atom. The molecule has 0 radical (unpaired) electrons. The molecule has 2 rings (SSSR count). The van der Waals surface area contributed by atoms with Gasteiger partial charge in [-0.3, -0.25) is 0 Å². The molecule has 1 atom stereocenters. The van der Waals surface area contributed by atoms with Crippen molar-refractivity contribution >= 4 is 28.7 Å². The van der Waals surface area contributed by atoms with Gasteiger partial charge in [0.05, 0.1) is 22.5 Å². The normalized spacial score (nSPS) is 14.2. The van der Waals surface area contributed by atoms with Crippen molar-refractivity contribution in [1.29, 1.82) is 0 Å². The van der Waals surface area contributed by atoms with E-state index in [1.807, 2.05) is 6.92 Å². The van der Waals surface area contributed by atoms with Gasteiger partial charge in [-0.1, -0.05) is 18.5 Å². The van der Waals surface area contributed by atoms with Crippen molar-refractivity contribution in [3.63, 3.8) is 0 Å². The molecule has 0 aliphatic carbocycles. The van der Waals surface area contributed by atoms with Gasteiger partial charge < -0.3 is 5.11 Å². The summed E-state index contributed by atoms with van der Waals surface area (Å²) < 4.78 is 1.63. The molecule has 0 amide bonds. The highest BCUT2D eigenvalue weighted by Crippen LogP contribution is 2.32. The molecular formula is C11H13Cl2N3O. The van der Waals surface area contributed by atoms with Gasteiger partial charge in [-0.15, -0.1) is 5.10 Å². The van der Waals surface area contributed by atoms with E-state index in [0.29, 0.717) is 10.5 Å². The van der Waals surface area contributed by atoms with E-state index in [1.165, 1.54) is 0 Å². The summed E-state index contributed by atoms with van der Waals surface area (Å²) in [5.41, 5.74) is 0.624. The maximum atomic E-state index is 10.0. The third-order valence-electron chi connectivity index (χ3n) is 2.97. The fourth-order valence-electron chi connectivity index (χ4n) is 1.63. The molecule has 0 aliphatic heterocycles. The van der Waals surface area contributed by atoms with Crippen LogP contribution in [0.15, 0.2) is 12.3 Å². The first-order valence-electron chi connectivity index (χ1n) is 5.22. The average Bonchev–Trinajstić information content (AvgIpc) is 2.53. The van der Waals surface area contributed by atoms with Crippen LogP contribution in [0.4, 0.5) is 0 Å². The number of aliphatic hydroxyl groups is 1. The van der Waals surface area contributed by atoms with Crippen molar-refractivity contribution in [1.82, 2.24) is 14.6 Å². The Morgan fingerprint density at radius 3 is 2.65 bits per heavy atom. The SMILES string of the molecule is CC(c1cc(Cl)c2cnc(Cl)nn12)C(C)(C)O. The zero-order valence-electron chi connectivity index (χ0n) is 9.78. The summed E-state index contributed by atoms with van der Waals surface area (Å²) in [7, 11) is 0. The van der Waals surface area contributed by atoms with Crippen LogP contribution in [0, 0.1) is 0 Å². The van der Waals surface area contributed by atoms with Crippen molar-refractivity contribution < 1.29 is 5.11 Å². The van der Waals surface area contributed by atoms with Crippen molar-refractivity contribution in [2.24, 2.45) is 0 Å². The van der Waals surface area contributed by atoms with Gasteiger partial charge in [-0.05, 0) is 31.5 Å². The maximum absolute atomic E-state index is 10.0. The van der Waals surface area contributed by atoms with Gasteiger partial charge in [0.1, 0.15) is 5.52 Å². The third kappa shape index (κ3) is 2.25. The lowest BCUT2D eigenvalue weighted by molar-refractivity contribution is 0.0539.